The summed E-state index contributed by atoms with van der Waals surface area (Å²) in [5, 5.41) is 5.49. The van der Waals surface area contributed by atoms with E-state index in [2.05, 4.69) is 43.2 Å². The van der Waals surface area contributed by atoms with Crippen LogP contribution in [0.4, 0.5) is 5.13 Å². The predicted molar refractivity (Wildman–Crippen MR) is 116 cm³/mol. The number of benzene rings is 1. The number of aromatic nitrogens is 1. The lowest BCUT2D eigenvalue weighted by Crippen LogP contribution is -2.43. The van der Waals surface area contributed by atoms with Gasteiger partial charge in [0, 0.05) is 17.5 Å². The Labute approximate surface area is 176 Å². The van der Waals surface area contributed by atoms with E-state index in [4.69, 9.17) is 4.74 Å². The Morgan fingerprint density at radius 3 is 2.69 bits per heavy atom. The first-order chi connectivity index (χ1) is 13.9. The maximum atomic E-state index is 12.5. The lowest BCUT2D eigenvalue weighted by molar-refractivity contribution is -0.150. The van der Waals surface area contributed by atoms with Gasteiger partial charge in [-0.15, -0.1) is 11.3 Å². The highest BCUT2D eigenvalue weighted by atomic mass is 32.1. The lowest BCUT2D eigenvalue weighted by Gasteiger charge is -2.30. The molecule has 1 N–H and O–H groups in total. The van der Waals surface area contributed by atoms with Crippen molar-refractivity contribution in [2.45, 2.75) is 40.5 Å². The van der Waals surface area contributed by atoms with Gasteiger partial charge < -0.3 is 10.1 Å². The van der Waals surface area contributed by atoms with E-state index in [1.54, 1.807) is 0 Å². The number of carbonyl (C=O) groups excluding carboxylic acids is 2. The summed E-state index contributed by atoms with van der Waals surface area (Å²) in [6.45, 7) is 10.1. The molecule has 156 valence electrons. The Morgan fingerprint density at radius 2 is 2.00 bits per heavy atom. The van der Waals surface area contributed by atoms with Crippen LogP contribution in [0.2, 0.25) is 0 Å². The molecule has 1 atom stereocenters. The summed E-state index contributed by atoms with van der Waals surface area (Å²) in [4.78, 5) is 31.1. The molecule has 1 aliphatic rings. The molecule has 29 heavy (non-hydrogen) atoms. The van der Waals surface area contributed by atoms with Crippen LogP contribution in [-0.4, -0.2) is 48.0 Å². The number of hydrogen-bond donors (Lipinski definition) is 1. The Balaban J connectivity index is 1.60. The SMILES string of the molecule is CCOC(=O)[C@@H]1CCCN(CC(=O)Nc2nc(-c3c(C)cc(C)cc3C)cs2)C1. The molecule has 3 rings (SSSR count). The van der Waals surface area contributed by atoms with Crippen LogP contribution < -0.4 is 5.32 Å². The second-order valence-electron chi connectivity index (χ2n) is 7.69. The van der Waals surface area contributed by atoms with Gasteiger partial charge in [-0.05, 0) is 58.2 Å². The first-order valence-electron chi connectivity index (χ1n) is 10.1. The van der Waals surface area contributed by atoms with Gasteiger partial charge in [-0.2, -0.15) is 0 Å². The number of ether oxygens (including phenoxy) is 1. The van der Waals surface area contributed by atoms with E-state index in [1.807, 2.05) is 17.2 Å². The number of aryl methyl sites for hydroxylation is 3. The van der Waals surface area contributed by atoms with Crippen molar-refractivity contribution in [3.63, 3.8) is 0 Å². The third-order valence-corrected chi connectivity index (χ3v) is 5.93. The van der Waals surface area contributed by atoms with Gasteiger partial charge in [-0.3, -0.25) is 14.5 Å². The number of rotatable bonds is 6. The average molecular weight is 416 g/mol. The molecule has 0 radical (unpaired) electrons. The summed E-state index contributed by atoms with van der Waals surface area (Å²) >= 11 is 1.43. The van der Waals surface area contributed by atoms with E-state index >= 15 is 0 Å². The molecule has 1 aromatic heterocycles. The lowest BCUT2D eigenvalue weighted by atomic mass is 9.98. The van der Waals surface area contributed by atoms with E-state index < -0.39 is 0 Å². The molecule has 1 aromatic carbocycles. The molecule has 2 heterocycles. The first kappa shape index (κ1) is 21.5. The minimum Gasteiger partial charge on any atom is -0.466 e. The van der Waals surface area contributed by atoms with Crippen LogP contribution in [0.25, 0.3) is 11.3 Å². The monoisotopic (exact) mass is 415 g/mol. The number of piperidine rings is 1. The van der Waals surface area contributed by atoms with Crippen molar-refractivity contribution in [1.29, 1.82) is 0 Å². The van der Waals surface area contributed by atoms with E-state index in [-0.39, 0.29) is 24.3 Å². The second-order valence-corrected chi connectivity index (χ2v) is 8.54. The van der Waals surface area contributed by atoms with Crippen LogP contribution in [0, 0.1) is 26.7 Å². The topological polar surface area (TPSA) is 71.5 Å². The van der Waals surface area contributed by atoms with Crippen LogP contribution in [-0.2, 0) is 14.3 Å². The third kappa shape index (κ3) is 5.42. The maximum absolute atomic E-state index is 12.5. The summed E-state index contributed by atoms with van der Waals surface area (Å²) in [7, 11) is 0. The standard InChI is InChI=1S/C22H29N3O3S/c1-5-28-21(27)17-7-6-8-25(11-17)12-19(26)24-22-23-18(13-29-22)20-15(3)9-14(2)10-16(20)4/h9-10,13,17H,5-8,11-12H2,1-4H3,(H,23,24,26)/t17-/m1/s1. The molecule has 0 unspecified atom stereocenters. The molecule has 1 fully saturated rings. The van der Waals surface area contributed by atoms with Crippen LogP contribution in [0.5, 0.6) is 0 Å². The fraction of sp³-hybridized carbons (Fsp3) is 0.500. The van der Waals surface area contributed by atoms with Crippen LogP contribution in [0.3, 0.4) is 0 Å². The van der Waals surface area contributed by atoms with E-state index in [9.17, 15) is 9.59 Å². The minimum absolute atomic E-state index is 0.104. The summed E-state index contributed by atoms with van der Waals surface area (Å²) in [5.74, 6) is -0.408. The molecule has 2 aromatic rings. The molecule has 1 amide bonds. The summed E-state index contributed by atoms with van der Waals surface area (Å²) in [5.41, 5.74) is 5.62. The first-order valence-corrected chi connectivity index (χ1v) is 11.0. The van der Waals surface area contributed by atoms with Gasteiger partial charge in [-0.25, -0.2) is 4.98 Å². The van der Waals surface area contributed by atoms with Crippen molar-refractivity contribution >= 4 is 28.3 Å². The summed E-state index contributed by atoms with van der Waals surface area (Å²) in [6, 6.07) is 4.30. The number of hydrogen-bond acceptors (Lipinski definition) is 6. The van der Waals surface area contributed by atoms with Crippen LogP contribution >= 0.6 is 11.3 Å². The molecule has 0 bridgehead atoms. The van der Waals surface area contributed by atoms with Crippen LogP contribution in [0.15, 0.2) is 17.5 Å². The highest BCUT2D eigenvalue weighted by Gasteiger charge is 2.27. The minimum atomic E-state index is -0.161. The summed E-state index contributed by atoms with van der Waals surface area (Å²) < 4.78 is 5.13. The molecule has 1 aliphatic heterocycles. The highest BCUT2D eigenvalue weighted by molar-refractivity contribution is 7.14. The molecule has 0 aliphatic carbocycles. The van der Waals surface area contributed by atoms with Gasteiger partial charge in [0.1, 0.15) is 0 Å². The molecular weight excluding hydrogens is 386 g/mol. The molecule has 6 nitrogen and oxygen atoms in total. The second kappa shape index (κ2) is 9.50. The molecule has 0 spiro atoms. The van der Waals surface area contributed by atoms with Crippen molar-refractivity contribution in [1.82, 2.24) is 9.88 Å². The Bertz CT molecular complexity index is 870. The van der Waals surface area contributed by atoms with Crippen molar-refractivity contribution in [3.8, 4) is 11.3 Å². The molecular formula is C22H29N3O3S. The van der Waals surface area contributed by atoms with Gasteiger partial charge in [0.05, 0.1) is 24.8 Å². The molecule has 1 saturated heterocycles. The quantitative estimate of drug-likeness (QED) is 0.724. The number of likely N-dealkylation sites (tertiary alicyclic amines) is 1. The maximum Gasteiger partial charge on any atom is 0.310 e. The van der Waals surface area contributed by atoms with Gasteiger partial charge in [-0.1, -0.05) is 17.7 Å². The fourth-order valence-corrected chi connectivity index (χ4v) is 4.76. The van der Waals surface area contributed by atoms with Gasteiger partial charge in [0.2, 0.25) is 5.91 Å². The smallest absolute Gasteiger partial charge is 0.310 e. The van der Waals surface area contributed by atoms with Crippen molar-refractivity contribution in [2.75, 3.05) is 31.6 Å². The van der Waals surface area contributed by atoms with Crippen molar-refractivity contribution in [2.24, 2.45) is 5.92 Å². The zero-order chi connectivity index (χ0) is 21.0. The Kier molecular flexibility index (Phi) is 7.03. The number of nitrogens with one attached hydrogen (secondary N) is 1. The van der Waals surface area contributed by atoms with E-state index in [0.717, 1.165) is 30.6 Å². The molecule has 0 saturated carbocycles. The third-order valence-electron chi connectivity index (χ3n) is 5.18. The van der Waals surface area contributed by atoms with Crippen LogP contribution in [0.1, 0.15) is 36.5 Å². The average Bonchev–Trinajstić information content (AvgIpc) is 3.09. The highest BCUT2D eigenvalue weighted by Crippen LogP contribution is 2.31. The van der Waals surface area contributed by atoms with Gasteiger partial charge in [0.25, 0.3) is 0 Å². The number of esters is 1. The number of carbonyl (C=O) groups is 2. The van der Waals surface area contributed by atoms with Gasteiger partial charge >= 0.3 is 5.97 Å². The molecule has 7 heteroatoms. The largest absolute Gasteiger partial charge is 0.466 e. The summed E-state index contributed by atoms with van der Waals surface area (Å²) in [6.07, 6.45) is 1.71. The predicted octanol–water partition coefficient (Wildman–Crippen LogP) is 3.95. The normalized spacial score (nSPS) is 17.2. The Morgan fingerprint density at radius 1 is 1.28 bits per heavy atom. The van der Waals surface area contributed by atoms with Crippen molar-refractivity contribution in [3.05, 3.63) is 34.2 Å². The Hall–Kier alpha value is -2.25. The number of anilines is 1. The zero-order valence-electron chi connectivity index (χ0n) is 17.6. The van der Waals surface area contributed by atoms with Crippen molar-refractivity contribution < 1.29 is 14.3 Å². The zero-order valence-corrected chi connectivity index (χ0v) is 18.4. The van der Waals surface area contributed by atoms with E-state index in [0.29, 0.717) is 18.3 Å². The fourth-order valence-electron chi connectivity index (χ4n) is 4.04. The van der Waals surface area contributed by atoms with Gasteiger partial charge in [0.15, 0.2) is 5.13 Å². The number of nitrogens with zero attached hydrogens (tertiary/aromatic N) is 2. The number of amides is 1. The number of thiazole rings is 1. The van der Waals surface area contributed by atoms with E-state index in [1.165, 1.54) is 28.0 Å².